The molecule has 0 aliphatic rings. The molecule has 1 atom stereocenters. The Bertz CT molecular complexity index is 1090. The summed E-state index contributed by atoms with van der Waals surface area (Å²) < 4.78 is 34.3. The molecule has 3 rings (SSSR count). The van der Waals surface area contributed by atoms with E-state index in [9.17, 15) is 0 Å². The van der Waals surface area contributed by atoms with Gasteiger partial charge < -0.3 is 28.4 Å². The Kier molecular flexibility index (Phi) is 11.3. The normalized spacial score (nSPS) is 11.8. The van der Waals surface area contributed by atoms with Crippen LogP contribution in [0.15, 0.2) is 54.6 Å². The van der Waals surface area contributed by atoms with Gasteiger partial charge >= 0.3 is 0 Å². The van der Waals surface area contributed by atoms with Crippen molar-refractivity contribution < 1.29 is 28.4 Å². The topological polar surface area (TPSA) is 55.4 Å². The van der Waals surface area contributed by atoms with Gasteiger partial charge in [0.2, 0.25) is 0 Å². The molecule has 0 N–H and O–H groups in total. The van der Waals surface area contributed by atoms with Gasteiger partial charge in [0.1, 0.15) is 30.5 Å². The number of methoxy groups -OCH3 is 4. The summed E-state index contributed by atoms with van der Waals surface area (Å²) in [5.74, 6) is 2.86. The third-order valence-corrected chi connectivity index (χ3v) is 6.45. The third kappa shape index (κ3) is 7.71. The summed E-state index contributed by atoms with van der Waals surface area (Å²) in [6.45, 7) is 6.53. The van der Waals surface area contributed by atoms with Crippen LogP contribution in [0.1, 0.15) is 59.6 Å². The highest BCUT2D eigenvalue weighted by Crippen LogP contribution is 2.38. The van der Waals surface area contributed by atoms with Crippen LogP contribution >= 0.6 is 0 Å². The van der Waals surface area contributed by atoms with Crippen molar-refractivity contribution in [2.75, 3.05) is 28.4 Å². The van der Waals surface area contributed by atoms with Crippen molar-refractivity contribution in [3.63, 3.8) is 0 Å². The first-order valence-corrected chi connectivity index (χ1v) is 12.7. The first-order chi connectivity index (χ1) is 18.0. The summed E-state index contributed by atoms with van der Waals surface area (Å²) in [5.41, 5.74) is 6.18. The summed E-state index contributed by atoms with van der Waals surface area (Å²) >= 11 is 0. The Labute approximate surface area is 221 Å². The van der Waals surface area contributed by atoms with Crippen LogP contribution < -0.4 is 14.2 Å². The van der Waals surface area contributed by atoms with Crippen LogP contribution in [0.2, 0.25) is 0 Å². The molecule has 37 heavy (non-hydrogen) atoms. The molecule has 0 spiro atoms. The maximum absolute atomic E-state index is 6.33. The molecule has 0 fully saturated rings. The Morgan fingerprint density at radius 2 is 1.16 bits per heavy atom. The van der Waals surface area contributed by atoms with E-state index in [0.717, 1.165) is 40.0 Å². The van der Waals surface area contributed by atoms with Crippen molar-refractivity contribution in [3.8, 4) is 17.2 Å². The molecule has 6 heteroatoms. The quantitative estimate of drug-likeness (QED) is 0.225. The predicted octanol–water partition coefficient (Wildman–Crippen LogP) is 6.81. The zero-order chi connectivity index (χ0) is 26.6. The summed E-state index contributed by atoms with van der Waals surface area (Å²) in [7, 11) is 6.63. The minimum Gasteiger partial charge on any atom is -0.496 e. The largest absolute Gasteiger partial charge is 0.496 e. The van der Waals surface area contributed by atoms with E-state index in [-0.39, 0.29) is 0 Å². The third-order valence-electron chi connectivity index (χ3n) is 6.45. The fourth-order valence-corrected chi connectivity index (χ4v) is 4.25. The van der Waals surface area contributed by atoms with Gasteiger partial charge in [0, 0.05) is 32.5 Å². The molecule has 3 aromatic rings. The number of ether oxygens (including phenoxy) is 6. The van der Waals surface area contributed by atoms with E-state index in [2.05, 4.69) is 50.2 Å². The second-order valence-corrected chi connectivity index (χ2v) is 9.11. The average Bonchev–Trinajstić information content (AvgIpc) is 2.92. The highest BCUT2D eigenvalue weighted by atomic mass is 16.5. The highest BCUT2D eigenvalue weighted by molar-refractivity contribution is 5.54. The fraction of sp³-hybridized carbons (Fsp3) is 0.419. The Morgan fingerprint density at radius 1 is 0.622 bits per heavy atom. The SMILES string of the molecule is CCC(C)c1ccc(OCc2ccc(COc3c(COC)cc(COC)c(OC)c3COC)cc2)cc1. The van der Waals surface area contributed by atoms with Gasteiger partial charge in [-0.1, -0.05) is 50.2 Å². The minimum absolute atomic E-state index is 0.349. The molecule has 0 aromatic heterocycles. The standard InChI is InChI=1S/C31H40O6/c1-7-22(2)25-12-14-28(15-13-25)36-17-23-8-10-24(11-9-23)18-37-31-27(20-33-4)16-26(19-32-3)30(35-6)29(31)21-34-5/h8-16,22H,7,17-21H2,1-6H3. The fourth-order valence-electron chi connectivity index (χ4n) is 4.25. The van der Waals surface area contributed by atoms with Crippen LogP contribution in [0.5, 0.6) is 17.2 Å². The lowest BCUT2D eigenvalue weighted by atomic mass is 9.99. The zero-order valence-electron chi connectivity index (χ0n) is 23.0. The maximum Gasteiger partial charge on any atom is 0.134 e. The molecule has 0 saturated heterocycles. The monoisotopic (exact) mass is 508 g/mol. The van der Waals surface area contributed by atoms with Gasteiger partial charge in [0.15, 0.2) is 0 Å². The van der Waals surface area contributed by atoms with E-state index >= 15 is 0 Å². The van der Waals surface area contributed by atoms with Crippen LogP contribution in [0.4, 0.5) is 0 Å². The summed E-state index contributed by atoms with van der Waals surface area (Å²) in [6, 6.07) is 18.7. The van der Waals surface area contributed by atoms with Crippen molar-refractivity contribution in [3.05, 3.63) is 88.0 Å². The van der Waals surface area contributed by atoms with Crippen LogP contribution in [0, 0.1) is 0 Å². The van der Waals surface area contributed by atoms with Crippen molar-refractivity contribution in [1.29, 1.82) is 0 Å². The van der Waals surface area contributed by atoms with Crippen molar-refractivity contribution in [1.82, 2.24) is 0 Å². The smallest absolute Gasteiger partial charge is 0.134 e. The first-order valence-electron chi connectivity index (χ1n) is 12.7. The predicted molar refractivity (Wildman–Crippen MR) is 145 cm³/mol. The van der Waals surface area contributed by atoms with E-state index in [1.807, 2.05) is 18.2 Å². The average molecular weight is 509 g/mol. The Hall–Kier alpha value is -3.06. The van der Waals surface area contributed by atoms with Gasteiger partial charge in [-0.25, -0.2) is 0 Å². The van der Waals surface area contributed by atoms with Crippen LogP contribution in [0.25, 0.3) is 0 Å². The van der Waals surface area contributed by atoms with Gasteiger partial charge in [-0.2, -0.15) is 0 Å². The van der Waals surface area contributed by atoms with Crippen molar-refractivity contribution >= 4 is 0 Å². The molecule has 1 unspecified atom stereocenters. The molecule has 0 radical (unpaired) electrons. The Balaban J connectivity index is 1.69. The van der Waals surface area contributed by atoms with Crippen molar-refractivity contribution in [2.45, 2.75) is 59.2 Å². The minimum atomic E-state index is 0.349. The van der Waals surface area contributed by atoms with E-state index in [4.69, 9.17) is 28.4 Å². The molecule has 3 aromatic carbocycles. The first kappa shape index (κ1) is 28.5. The molecule has 6 nitrogen and oxygen atoms in total. The lowest BCUT2D eigenvalue weighted by molar-refractivity contribution is 0.161. The molecule has 0 aliphatic carbocycles. The van der Waals surface area contributed by atoms with Gasteiger partial charge in [0.05, 0.1) is 32.5 Å². The van der Waals surface area contributed by atoms with Gasteiger partial charge in [-0.05, 0) is 47.2 Å². The molecular formula is C31H40O6. The lowest BCUT2D eigenvalue weighted by Crippen LogP contribution is -2.09. The number of hydrogen-bond donors (Lipinski definition) is 0. The molecule has 0 aliphatic heterocycles. The summed E-state index contributed by atoms with van der Waals surface area (Å²) in [5, 5.41) is 0. The van der Waals surface area contributed by atoms with E-state index in [1.165, 1.54) is 5.56 Å². The number of hydrogen-bond acceptors (Lipinski definition) is 6. The van der Waals surface area contributed by atoms with Crippen molar-refractivity contribution in [2.24, 2.45) is 0 Å². The highest BCUT2D eigenvalue weighted by Gasteiger charge is 2.20. The summed E-state index contributed by atoms with van der Waals surface area (Å²) in [4.78, 5) is 0. The molecule has 0 bridgehead atoms. The molecule has 0 heterocycles. The van der Waals surface area contributed by atoms with Crippen LogP contribution in [-0.4, -0.2) is 28.4 Å². The van der Waals surface area contributed by atoms with Gasteiger partial charge in [0.25, 0.3) is 0 Å². The van der Waals surface area contributed by atoms with Gasteiger partial charge in [-0.3, -0.25) is 0 Å². The van der Waals surface area contributed by atoms with Gasteiger partial charge in [-0.15, -0.1) is 0 Å². The molecule has 200 valence electrons. The number of rotatable bonds is 15. The molecule has 0 saturated carbocycles. The second-order valence-electron chi connectivity index (χ2n) is 9.11. The van der Waals surface area contributed by atoms with E-state index in [0.29, 0.717) is 50.5 Å². The zero-order valence-corrected chi connectivity index (χ0v) is 23.0. The van der Waals surface area contributed by atoms with E-state index < -0.39 is 0 Å². The lowest BCUT2D eigenvalue weighted by Gasteiger charge is -2.21. The summed E-state index contributed by atoms with van der Waals surface area (Å²) in [6.07, 6.45) is 1.13. The van der Waals surface area contributed by atoms with E-state index in [1.54, 1.807) is 28.4 Å². The maximum atomic E-state index is 6.33. The van der Waals surface area contributed by atoms with Crippen LogP contribution in [0.3, 0.4) is 0 Å². The Morgan fingerprint density at radius 3 is 1.68 bits per heavy atom. The molecule has 0 amide bonds. The number of benzene rings is 3. The molecular weight excluding hydrogens is 468 g/mol. The van der Waals surface area contributed by atoms with Crippen LogP contribution in [-0.2, 0) is 47.2 Å². The second kappa shape index (κ2) is 14.6.